The van der Waals surface area contributed by atoms with Crippen LogP contribution in [0.5, 0.6) is 0 Å². The van der Waals surface area contributed by atoms with Crippen LogP contribution in [0, 0.1) is 10.1 Å². The number of non-ortho nitro benzene ring substituents is 1. The minimum absolute atomic E-state index is 0.0444. The molecule has 1 aromatic heterocycles. The zero-order valence-corrected chi connectivity index (χ0v) is 16.3. The number of hydrogen-bond acceptors (Lipinski definition) is 7. The van der Waals surface area contributed by atoms with Crippen LogP contribution in [0.2, 0.25) is 0 Å². The van der Waals surface area contributed by atoms with E-state index in [1.165, 1.54) is 23.5 Å². The predicted octanol–water partition coefficient (Wildman–Crippen LogP) is 3.32. The number of hydrogen-bond donors (Lipinski definition) is 0. The van der Waals surface area contributed by atoms with Crippen molar-refractivity contribution in [3.05, 3.63) is 28.3 Å². The predicted molar refractivity (Wildman–Crippen MR) is 98.9 cm³/mol. The van der Waals surface area contributed by atoms with Crippen molar-refractivity contribution in [2.75, 3.05) is 13.1 Å². The van der Waals surface area contributed by atoms with Crippen molar-refractivity contribution in [1.82, 2.24) is 9.88 Å². The summed E-state index contributed by atoms with van der Waals surface area (Å²) in [5.74, 6) is 0. The van der Waals surface area contributed by atoms with Gasteiger partial charge in [-0.2, -0.15) is 0 Å². The second-order valence-electron chi connectivity index (χ2n) is 7.02. The molecule has 0 radical (unpaired) electrons. The van der Waals surface area contributed by atoms with Gasteiger partial charge in [0.05, 0.1) is 31.2 Å². The highest BCUT2D eigenvalue weighted by Crippen LogP contribution is 2.30. The van der Waals surface area contributed by atoms with E-state index in [-0.39, 0.29) is 10.9 Å². The van der Waals surface area contributed by atoms with Gasteiger partial charge in [-0.05, 0) is 33.3 Å². The first-order chi connectivity index (χ1) is 12.1. The summed E-state index contributed by atoms with van der Waals surface area (Å²) in [6.07, 6.45) is 0.194. The Hall–Kier alpha value is -2.07. The number of nitrogens with zero attached hydrogens (tertiary/aromatic N) is 3. The standard InChI is InChI=1S/C16H19N3O5S2/c1-16(2,3)24-15(20)18-7-6-11(9-18)26(23)14-17-12-8-10(19(21)22)4-5-13(12)25-14/h4-5,8,11H,6-7,9H2,1-3H3/t11-,26?/m1/s1. The fraction of sp³-hybridized carbons (Fsp3) is 0.500. The Labute approximate surface area is 156 Å². The molecule has 3 rings (SSSR count). The van der Waals surface area contributed by atoms with Crippen LogP contribution in [-0.2, 0) is 15.5 Å². The number of carbonyl (C=O) groups is 1. The second-order valence-corrected chi connectivity index (χ2v) is 9.96. The molecule has 0 bridgehead atoms. The second kappa shape index (κ2) is 6.92. The van der Waals surface area contributed by atoms with Crippen LogP contribution in [0.1, 0.15) is 27.2 Å². The van der Waals surface area contributed by atoms with E-state index in [4.69, 9.17) is 4.74 Å². The van der Waals surface area contributed by atoms with Gasteiger partial charge in [-0.3, -0.25) is 14.3 Å². The summed E-state index contributed by atoms with van der Waals surface area (Å²) in [5, 5.41) is 10.6. The van der Waals surface area contributed by atoms with E-state index in [0.717, 1.165) is 4.70 Å². The van der Waals surface area contributed by atoms with Gasteiger partial charge in [0.2, 0.25) is 0 Å². The van der Waals surface area contributed by atoms with E-state index in [1.54, 1.807) is 31.7 Å². The van der Waals surface area contributed by atoms with Crippen molar-refractivity contribution < 1.29 is 18.7 Å². The number of ether oxygens (including phenoxy) is 1. The minimum Gasteiger partial charge on any atom is -0.444 e. The summed E-state index contributed by atoms with van der Waals surface area (Å²) >= 11 is 1.26. The van der Waals surface area contributed by atoms with Crippen LogP contribution < -0.4 is 0 Å². The molecular formula is C16H19N3O5S2. The molecule has 8 nitrogen and oxygen atoms in total. The largest absolute Gasteiger partial charge is 0.444 e. The summed E-state index contributed by atoms with van der Waals surface area (Å²) in [6, 6.07) is 4.41. The monoisotopic (exact) mass is 397 g/mol. The first-order valence-electron chi connectivity index (χ1n) is 8.07. The van der Waals surface area contributed by atoms with E-state index in [2.05, 4.69) is 4.98 Å². The van der Waals surface area contributed by atoms with Gasteiger partial charge in [0.25, 0.3) is 5.69 Å². The first kappa shape index (κ1) is 18.7. The van der Waals surface area contributed by atoms with Gasteiger partial charge in [0.15, 0.2) is 4.34 Å². The third-order valence-corrected chi connectivity index (χ3v) is 6.83. The first-order valence-corrected chi connectivity index (χ1v) is 10.1. The van der Waals surface area contributed by atoms with Gasteiger partial charge in [-0.25, -0.2) is 9.78 Å². The Bertz CT molecular complexity index is 890. The molecule has 26 heavy (non-hydrogen) atoms. The fourth-order valence-corrected chi connectivity index (χ4v) is 5.42. The van der Waals surface area contributed by atoms with E-state index < -0.39 is 27.4 Å². The number of likely N-dealkylation sites (tertiary alicyclic amines) is 1. The number of nitro benzene ring substituents is 1. The van der Waals surface area contributed by atoms with E-state index in [0.29, 0.717) is 29.4 Å². The highest BCUT2D eigenvalue weighted by atomic mass is 32.2. The van der Waals surface area contributed by atoms with E-state index >= 15 is 0 Å². The molecule has 1 aromatic carbocycles. The molecule has 0 spiro atoms. The van der Waals surface area contributed by atoms with Crippen LogP contribution in [0.15, 0.2) is 22.5 Å². The molecule has 1 amide bonds. The summed E-state index contributed by atoms with van der Waals surface area (Å²) in [6.45, 7) is 6.24. The molecule has 0 aliphatic carbocycles. The van der Waals surface area contributed by atoms with Crippen molar-refractivity contribution in [3.8, 4) is 0 Å². The molecule has 1 saturated heterocycles. The van der Waals surface area contributed by atoms with Crippen LogP contribution in [0.25, 0.3) is 10.2 Å². The van der Waals surface area contributed by atoms with Gasteiger partial charge in [0, 0.05) is 25.2 Å². The zero-order valence-electron chi connectivity index (χ0n) is 14.6. The number of aromatic nitrogens is 1. The van der Waals surface area contributed by atoms with Crippen LogP contribution in [0.4, 0.5) is 10.5 Å². The number of rotatable bonds is 3. The average Bonchev–Trinajstić information content (AvgIpc) is 3.18. The highest BCUT2D eigenvalue weighted by molar-refractivity contribution is 7.88. The topological polar surface area (TPSA) is 103 Å². The van der Waals surface area contributed by atoms with Gasteiger partial charge < -0.3 is 9.64 Å². The molecule has 1 fully saturated rings. The van der Waals surface area contributed by atoms with Crippen molar-refractivity contribution in [3.63, 3.8) is 0 Å². The van der Waals surface area contributed by atoms with Crippen LogP contribution in [0.3, 0.4) is 0 Å². The quantitative estimate of drug-likeness (QED) is 0.581. The Morgan fingerprint density at radius 1 is 1.46 bits per heavy atom. The maximum Gasteiger partial charge on any atom is 0.410 e. The smallest absolute Gasteiger partial charge is 0.410 e. The molecular weight excluding hydrogens is 378 g/mol. The molecule has 2 heterocycles. The molecule has 0 saturated carbocycles. The van der Waals surface area contributed by atoms with Crippen LogP contribution in [-0.4, -0.2) is 49.0 Å². The van der Waals surface area contributed by atoms with Gasteiger partial charge in [-0.15, -0.1) is 11.3 Å². The van der Waals surface area contributed by atoms with Gasteiger partial charge in [0.1, 0.15) is 5.60 Å². The Balaban J connectivity index is 1.73. The normalized spacial score (nSPS) is 18.9. The lowest BCUT2D eigenvalue weighted by atomic mass is 10.2. The zero-order chi connectivity index (χ0) is 19.1. The number of carbonyl (C=O) groups excluding carboxylic acids is 1. The molecule has 0 N–H and O–H groups in total. The number of fused-ring (bicyclic) bond motifs is 1. The maximum atomic E-state index is 12.8. The Morgan fingerprint density at radius 2 is 2.19 bits per heavy atom. The Morgan fingerprint density at radius 3 is 2.85 bits per heavy atom. The number of nitro groups is 1. The SMILES string of the molecule is CC(C)(C)OC(=O)N1CC[C@@H](S(=O)c2nc3cc([N+](=O)[O-])ccc3s2)C1. The summed E-state index contributed by atoms with van der Waals surface area (Å²) < 4.78 is 19.4. The summed E-state index contributed by atoms with van der Waals surface area (Å²) in [4.78, 5) is 28.4. The lowest BCUT2D eigenvalue weighted by molar-refractivity contribution is -0.384. The van der Waals surface area contributed by atoms with Gasteiger partial charge in [-0.1, -0.05) is 0 Å². The van der Waals surface area contributed by atoms with E-state index in [9.17, 15) is 19.1 Å². The maximum absolute atomic E-state index is 12.8. The van der Waals surface area contributed by atoms with Crippen molar-refractivity contribution in [2.45, 2.75) is 42.4 Å². The molecule has 2 aromatic rings. The van der Waals surface area contributed by atoms with E-state index in [1.807, 2.05) is 0 Å². The van der Waals surface area contributed by atoms with Gasteiger partial charge >= 0.3 is 6.09 Å². The minimum atomic E-state index is -1.38. The third-order valence-electron chi connectivity index (χ3n) is 3.83. The van der Waals surface area contributed by atoms with Crippen molar-refractivity contribution in [2.24, 2.45) is 0 Å². The molecule has 2 atom stereocenters. The molecule has 10 heteroatoms. The number of amides is 1. The molecule has 1 unspecified atom stereocenters. The van der Waals surface area contributed by atoms with Crippen LogP contribution >= 0.6 is 11.3 Å². The Kier molecular flexibility index (Phi) is 4.98. The molecule has 1 aliphatic rings. The highest BCUT2D eigenvalue weighted by Gasteiger charge is 2.34. The molecule has 140 valence electrons. The lowest BCUT2D eigenvalue weighted by Crippen LogP contribution is -2.36. The average molecular weight is 397 g/mol. The number of thiazole rings is 1. The summed E-state index contributed by atoms with van der Waals surface area (Å²) in [5.41, 5.74) is -0.151. The summed E-state index contributed by atoms with van der Waals surface area (Å²) in [7, 11) is -1.38. The van der Waals surface area contributed by atoms with Crippen molar-refractivity contribution in [1.29, 1.82) is 0 Å². The number of benzene rings is 1. The van der Waals surface area contributed by atoms with Crippen molar-refractivity contribution >= 4 is 44.1 Å². The fourth-order valence-electron chi connectivity index (χ4n) is 2.63. The third kappa shape index (κ3) is 4.01. The lowest BCUT2D eigenvalue weighted by Gasteiger charge is -2.24. The molecule has 1 aliphatic heterocycles.